The van der Waals surface area contributed by atoms with Gasteiger partial charge in [0.2, 0.25) is 0 Å². The van der Waals surface area contributed by atoms with Gasteiger partial charge in [-0.3, -0.25) is 4.79 Å². The molecule has 0 bridgehead atoms. The minimum absolute atomic E-state index is 0.0130. The molecule has 28 heavy (non-hydrogen) atoms. The maximum Gasteiger partial charge on any atom is 0.154 e. The molecule has 2 aromatic rings. The van der Waals surface area contributed by atoms with Crippen molar-refractivity contribution in [2.45, 2.75) is 51.7 Å². The third-order valence-corrected chi connectivity index (χ3v) is 5.75. The summed E-state index contributed by atoms with van der Waals surface area (Å²) in [4.78, 5) is 11.6. The Morgan fingerprint density at radius 3 is 2.39 bits per heavy atom. The Hall–Kier alpha value is -2.17. The summed E-state index contributed by atoms with van der Waals surface area (Å²) in [7, 11) is 0. The Kier molecular flexibility index (Phi) is 7.24. The number of hydrogen-bond acceptors (Lipinski definition) is 4. The van der Waals surface area contributed by atoms with E-state index in [0.29, 0.717) is 23.8 Å². The van der Waals surface area contributed by atoms with E-state index in [2.05, 4.69) is 31.2 Å². The van der Waals surface area contributed by atoms with Crippen molar-refractivity contribution in [1.82, 2.24) is 0 Å². The first-order valence-corrected chi connectivity index (χ1v) is 10.3. The van der Waals surface area contributed by atoms with Gasteiger partial charge in [-0.05, 0) is 72.9 Å². The molecule has 0 unspecified atom stereocenters. The van der Waals surface area contributed by atoms with Crippen LogP contribution in [0, 0.1) is 11.8 Å². The van der Waals surface area contributed by atoms with Crippen molar-refractivity contribution < 1.29 is 19.7 Å². The van der Waals surface area contributed by atoms with Gasteiger partial charge in [0, 0.05) is 11.5 Å². The number of rotatable bonds is 8. The molecule has 0 atom stereocenters. The molecule has 0 amide bonds. The summed E-state index contributed by atoms with van der Waals surface area (Å²) in [5, 5.41) is 18.6. The van der Waals surface area contributed by atoms with Crippen LogP contribution in [0.5, 0.6) is 5.75 Å². The molecule has 1 saturated carbocycles. The molecule has 1 aliphatic carbocycles. The number of carbonyl (C=O) groups excluding carboxylic acids is 1. The monoisotopic (exact) mass is 382 g/mol. The van der Waals surface area contributed by atoms with Crippen LogP contribution in [0.15, 0.2) is 42.5 Å². The van der Waals surface area contributed by atoms with Crippen molar-refractivity contribution in [3.8, 4) is 16.9 Å². The van der Waals surface area contributed by atoms with E-state index in [-0.39, 0.29) is 5.92 Å². The number of aryl methyl sites for hydroxylation is 1. The van der Waals surface area contributed by atoms with Crippen LogP contribution in [0.4, 0.5) is 0 Å². The zero-order valence-corrected chi connectivity index (χ0v) is 16.5. The SMILES string of the molecule is CCCc1ccc(-c2ccc(OCC3CCC(C(O)O)CC3)cc2C=O)cc1. The van der Waals surface area contributed by atoms with Gasteiger partial charge in [0.05, 0.1) is 6.61 Å². The molecule has 0 aromatic heterocycles. The minimum atomic E-state index is -1.21. The molecule has 0 saturated heterocycles. The fraction of sp³-hybridized carbons (Fsp3) is 0.458. The summed E-state index contributed by atoms with van der Waals surface area (Å²) < 4.78 is 5.94. The molecule has 2 aromatic carbocycles. The predicted molar refractivity (Wildman–Crippen MR) is 110 cm³/mol. The normalized spacial score (nSPS) is 19.6. The number of aldehydes is 1. The second-order valence-electron chi connectivity index (χ2n) is 7.82. The fourth-order valence-corrected chi connectivity index (χ4v) is 4.00. The van der Waals surface area contributed by atoms with Crippen molar-refractivity contribution in [3.05, 3.63) is 53.6 Å². The molecule has 4 nitrogen and oxygen atoms in total. The highest BCUT2D eigenvalue weighted by Crippen LogP contribution is 2.32. The Morgan fingerprint density at radius 1 is 1.07 bits per heavy atom. The van der Waals surface area contributed by atoms with Gasteiger partial charge in [-0.15, -0.1) is 0 Å². The van der Waals surface area contributed by atoms with E-state index in [9.17, 15) is 15.0 Å². The van der Waals surface area contributed by atoms with E-state index in [1.807, 2.05) is 18.2 Å². The van der Waals surface area contributed by atoms with Crippen LogP contribution < -0.4 is 4.74 Å². The molecule has 0 aliphatic heterocycles. The lowest BCUT2D eigenvalue weighted by Gasteiger charge is -2.29. The molecule has 1 aliphatic rings. The van der Waals surface area contributed by atoms with E-state index in [4.69, 9.17) is 4.74 Å². The first kappa shape index (κ1) is 20.6. The predicted octanol–water partition coefficient (Wildman–Crippen LogP) is 4.61. The zero-order valence-electron chi connectivity index (χ0n) is 16.5. The van der Waals surface area contributed by atoms with Crippen LogP contribution in [-0.4, -0.2) is 29.4 Å². The zero-order chi connectivity index (χ0) is 19.9. The summed E-state index contributed by atoms with van der Waals surface area (Å²) in [5.74, 6) is 1.11. The maximum absolute atomic E-state index is 11.6. The van der Waals surface area contributed by atoms with E-state index in [1.165, 1.54) is 5.56 Å². The maximum atomic E-state index is 11.6. The van der Waals surface area contributed by atoms with Gasteiger partial charge in [-0.1, -0.05) is 37.6 Å². The van der Waals surface area contributed by atoms with E-state index in [1.54, 1.807) is 0 Å². The molecule has 0 spiro atoms. The Morgan fingerprint density at radius 2 is 1.79 bits per heavy atom. The highest BCUT2D eigenvalue weighted by molar-refractivity contribution is 5.88. The molecular weight excluding hydrogens is 352 g/mol. The number of aliphatic hydroxyl groups excluding tert-OH is 1. The lowest BCUT2D eigenvalue weighted by molar-refractivity contribution is -0.0967. The number of benzene rings is 2. The summed E-state index contributed by atoms with van der Waals surface area (Å²) in [6, 6.07) is 14.1. The molecule has 2 N–H and O–H groups in total. The highest BCUT2D eigenvalue weighted by atomic mass is 16.5. The van der Waals surface area contributed by atoms with Crippen LogP contribution in [0.3, 0.4) is 0 Å². The first-order valence-electron chi connectivity index (χ1n) is 10.3. The number of ether oxygens (including phenoxy) is 1. The lowest BCUT2D eigenvalue weighted by atomic mass is 9.82. The quantitative estimate of drug-likeness (QED) is 0.517. The largest absolute Gasteiger partial charge is 0.493 e. The van der Waals surface area contributed by atoms with Crippen molar-refractivity contribution >= 4 is 6.29 Å². The average Bonchev–Trinajstić information content (AvgIpc) is 2.73. The van der Waals surface area contributed by atoms with Gasteiger partial charge in [0.25, 0.3) is 0 Å². The van der Waals surface area contributed by atoms with E-state index in [0.717, 1.165) is 55.9 Å². The lowest BCUT2D eigenvalue weighted by Crippen LogP contribution is -2.27. The Bertz CT molecular complexity index is 759. The molecule has 3 rings (SSSR count). The summed E-state index contributed by atoms with van der Waals surface area (Å²) >= 11 is 0. The van der Waals surface area contributed by atoms with Gasteiger partial charge >= 0.3 is 0 Å². The van der Waals surface area contributed by atoms with Crippen LogP contribution in [0.2, 0.25) is 0 Å². The molecule has 4 heteroatoms. The van der Waals surface area contributed by atoms with Gasteiger partial charge in [0.15, 0.2) is 12.6 Å². The van der Waals surface area contributed by atoms with E-state index >= 15 is 0 Å². The first-order chi connectivity index (χ1) is 13.6. The summed E-state index contributed by atoms with van der Waals surface area (Å²) in [5.41, 5.74) is 3.90. The van der Waals surface area contributed by atoms with Gasteiger partial charge in [0.1, 0.15) is 5.75 Å². The molecule has 0 heterocycles. The van der Waals surface area contributed by atoms with Crippen LogP contribution >= 0.6 is 0 Å². The summed E-state index contributed by atoms with van der Waals surface area (Å²) in [6.45, 7) is 2.76. The Labute approximate surface area is 167 Å². The van der Waals surface area contributed by atoms with Crippen molar-refractivity contribution in [1.29, 1.82) is 0 Å². The van der Waals surface area contributed by atoms with Crippen LogP contribution in [0.1, 0.15) is 54.9 Å². The number of carbonyl (C=O) groups is 1. The third kappa shape index (κ3) is 5.21. The number of hydrogen-bond donors (Lipinski definition) is 2. The smallest absolute Gasteiger partial charge is 0.154 e. The van der Waals surface area contributed by atoms with Crippen molar-refractivity contribution in [2.75, 3.05) is 6.61 Å². The highest BCUT2D eigenvalue weighted by Gasteiger charge is 2.25. The molecule has 0 radical (unpaired) electrons. The Balaban J connectivity index is 1.62. The molecule has 1 fully saturated rings. The third-order valence-electron chi connectivity index (χ3n) is 5.75. The standard InChI is InChI=1S/C24H30O4/c1-2-3-17-4-8-19(9-5-17)23-13-12-22(14-21(23)15-25)28-16-18-6-10-20(11-7-18)24(26)27/h4-5,8-9,12-15,18,20,24,26-27H,2-3,6-7,10-11,16H2,1H3. The fourth-order valence-electron chi connectivity index (χ4n) is 4.00. The summed E-state index contributed by atoms with van der Waals surface area (Å²) in [6.07, 6.45) is 5.36. The van der Waals surface area contributed by atoms with Gasteiger partial charge in [-0.2, -0.15) is 0 Å². The average molecular weight is 383 g/mol. The van der Waals surface area contributed by atoms with E-state index < -0.39 is 6.29 Å². The van der Waals surface area contributed by atoms with Crippen molar-refractivity contribution in [3.63, 3.8) is 0 Å². The topological polar surface area (TPSA) is 66.8 Å². The number of aliphatic hydroxyl groups is 2. The van der Waals surface area contributed by atoms with Gasteiger partial charge in [-0.25, -0.2) is 0 Å². The van der Waals surface area contributed by atoms with Gasteiger partial charge < -0.3 is 14.9 Å². The second kappa shape index (κ2) is 9.85. The van der Waals surface area contributed by atoms with Crippen LogP contribution in [-0.2, 0) is 6.42 Å². The second-order valence-corrected chi connectivity index (χ2v) is 7.82. The minimum Gasteiger partial charge on any atom is -0.493 e. The molecular formula is C24H30O4. The molecule has 150 valence electrons. The van der Waals surface area contributed by atoms with Crippen LogP contribution in [0.25, 0.3) is 11.1 Å². The van der Waals surface area contributed by atoms with Crippen molar-refractivity contribution in [2.24, 2.45) is 11.8 Å².